The molecule has 0 radical (unpaired) electrons. The van der Waals surface area contributed by atoms with Gasteiger partial charge < -0.3 is 9.64 Å². The molecule has 3 rings (SSSR count). The first-order valence-corrected chi connectivity index (χ1v) is 10.3. The number of allylic oxidation sites excluding steroid dienone is 2. The van der Waals surface area contributed by atoms with Gasteiger partial charge in [0.1, 0.15) is 0 Å². The molecule has 0 spiro atoms. The van der Waals surface area contributed by atoms with Crippen molar-refractivity contribution in [2.45, 2.75) is 32.6 Å². The predicted molar refractivity (Wildman–Crippen MR) is 120 cm³/mol. The van der Waals surface area contributed by atoms with E-state index >= 15 is 0 Å². The van der Waals surface area contributed by atoms with Crippen molar-refractivity contribution in [3.63, 3.8) is 0 Å². The van der Waals surface area contributed by atoms with Crippen LogP contribution in [0.15, 0.2) is 66.9 Å². The maximum Gasteiger partial charge on any atom is 0.258 e. The molecule has 0 bridgehead atoms. The van der Waals surface area contributed by atoms with E-state index in [4.69, 9.17) is 4.74 Å². The Morgan fingerprint density at radius 3 is 2.83 bits per heavy atom. The highest BCUT2D eigenvalue weighted by molar-refractivity contribution is 6.07. The Morgan fingerprint density at radius 2 is 2.00 bits per heavy atom. The van der Waals surface area contributed by atoms with Crippen LogP contribution in [0.5, 0.6) is 5.75 Å². The lowest BCUT2D eigenvalue weighted by Crippen LogP contribution is -2.27. The zero-order valence-electron chi connectivity index (χ0n) is 17.5. The fraction of sp³-hybridized carbons (Fsp3) is 0.280. The van der Waals surface area contributed by atoms with Crippen molar-refractivity contribution in [1.29, 1.82) is 0 Å². The standard InChI is InChI=1S/C25H27FN2O2/c1-3-4-5-6-7-8-17-30-23-13-9-12-22(24(23)26)28(2)25(29)20-14-15-21-19(18-20)11-10-16-27-21/h4-5,9-16,18H,3,6-8,17H2,1-2H3. The van der Waals surface area contributed by atoms with Crippen molar-refractivity contribution in [2.75, 3.05) is 18.6 Å². The molecule has 0 N–H and O–H groups in total. The average Bonchev–Trinajstić information content (AvgIpc) is 2.78. The fourth-order valence-electron chi connectivity index (χ4n) is 3.21. The smallest absolute Gasteiger partial charge is 0.258 e. The van der Waals surface area contributed by atoms with Gasteiger partial charge in [0.2, 0.25) is 0 Å². The van der Waals surface area contributed by atoms with E-state index < -0.39 is 5.82 Å². The number of benzene rings is 2. The van der Waals surface area contributed by atoms with E-state index in [2.05, 4.69) is 24.1 Å². The number of pyridine rings is 1. The van der Waals surface area contributed by atoms with Crippen molar-refractivity contribution in [3.05, 3.63) is 78.3 Å². The molecule has 2 aromatic carbocycles. The van der Waals surface area contributed by atoms with Gasteiger partial charge in [0.25, 0.3) is 5.91 Å². The van der Waals surface area contributed by atoms with Crippen LogP contribution in [-0.4, -0.2) is 24.5 Å². The first-order valence-electron chi connectivity index (χ1n) is 10.3. The number of carbonyl (C=O) groups excluding carboxylic acids is 1. The van der Waals surface area contributed by atoms with Gasteiger partial charge >= 0.3 is 0 Å². The van der Waals surface area contributed by atoms with Gasteiger partial charge in [0, 0.05) is 24.2 Å². The Labute approximate surface area is 177 Å². The summed E-state index contributed by atoms with van der Waals surface area (Å²) in [5.74, 6) is -0.653. The lowest BCUT2D eigenvalue weighted by Gasteiger charge is -2.19. The van der Waals surface area contributed by atoms with Gasteiger partial charge in [-0.3, -0.25) is 9.78 Å². The molecule has 1 aromatic heterocycles. The molecule has 0 unspecified atom stereocenters. The highest BCUT2D eigenvalue weighted by Gasteiger charge is 2.19. The van der Waals surface area contributed by atoms with E-state index in [1.165, 1.54) is 4.90 Å². The van der Waals surface area contributed by atoms with Gasteiger partial charge in [0.15, 0.2) is 11.6 Å². The van der Waals surface area contributed by atoms with Gasteiger partial charge in [-0.05, 0) is 62.1 Å². The van der Waals surface area contributed by atoms with Crippen LogP contribution in [-0.2, 0) is 0 Å². The highest BCUT2D eigenvalue weighted by atomic mass is 19.1. The molecule has 3 aromatic rings. The van der Waals surface area contributed by atoms with E-state index in [0.717, 1.165) is 36.6 Å². The number of fused-ring (bicyclic) bond motifs is 1. The molecule has 0 saturated carbocycles. The van der Waals surface area contributed by atoms with Crippen molar-refractivity contribution in [3.8, 4) is 5.75 Å². The van der Waals surface area contributed by atoms with E-state index in [1.807, 2.05) is 12.1 Å². The number of anilines is 1. The van der Waals surface area contributed by atoms with Crippen LogP contribution >= 0.6 is 0 Å². The topological polar surface area (TPSA) is 42.4 Å². The Kier molecular flexibility index (Phi) is 7.55. The fourth-order valence-corrected chi connectivity index (χ4v) is 3.21. The minimum absolute atomic E-state index is 0.166. The summed E-state index contributed by atoms with van der Waals surface area (Å²) in [6, 6.07) is 13.9. The summed E-state index contributed by atoms with van der Waals surface area (Å²) in [6.45, 7) is 2.55. The Balaban J connectivity index is 1.67. The zero-order chi connectivity index (χ0) is 21.3. The number of unbranched alkanes of at least 4 members (excludes halogenated alkanes) is 2. The quantitative estimate of drug-likeness (QED) is 0.315. The minimum Gasteiger partial charge on any atom is -0.490 e. The third-order valence-electron chi connectivity index (χ3n) is 4.88. The average molecular weight is 407 g/mol. The molecule has 0 aliphatic carbocycles. The monoisotopic (exact) mass is 406 g/mol. The SMILES string of the molecule is CCC=CCCCCOc1cccc(N(C)C(=O)c2ccc3ncccc3c2)c1F. The number of hydrogen-bond acceptors (Lipinski definition) is 3. The van der Waals surface area contributed by atoms with E-state index in [0.29, 0.717) is 12.2 Å². The highest BCUT2D eigenvalue weighted by Crippen LogP contribution is 2.28. The van der Waals surface area contributed by atoms with Crippen molar-refractivity contribution >= 4 is 22.5 Å². The summed E-state index contributed by atoms with van der Waals surface area (Å²) in [7, 11) is 1.57. The number of halogens is 1. The molecule has 0 saturated heterocycles. The molecule has 1 amide bonds. The van der Waals surface area contributed by atoms with Crippen LogP contribution in [0.3, 0.4) is 0 Å². The number of aromatic nitrogens is 1. The molecule has 1 heterocycles. The first kappa shape index (κ1) is 21.5. The number of nitrogens with zero attached hydrogens (tertiary/aromatic N) is 2. The van der Waals surface area contributed by atoms with Crippen LogP contribution in [0, 0.1) is 5.82 Å². The third kappa shape index (κ3) is 5.23. The molecule has 156 valence electrons. The summed E-state index contributed by atoms with van der Waals surface area (Å²) in [6.07, 6.45) is 9.88. The molecule has 0 aliphatic heterocycles. The molecule has 0 aliphatic rings. The van der Waals surface area contributed by atoms with Gasteiger partial charge in [-0.2, -0.15) is 0 Å². The van der Waals surface area contributed by atoms with Gasteiger partial charge in [-0.25, -0.2) is 4.39 Å². The molecular weight excluding hydrogens is 379 g/mol. The lowest BCUT2D eigenvalue weighted by molar-refractivity contribution is 0.0992. The summed E-state index contributed by atoms with van der Waals surface area (Å²) >= 11 is 0. The summed E-state index contributed by atoms with van der Waals surface area (Å²) in [5.41, 5.74) is 1.47. The van der Waals surface area contributed by atoms with E-state index in [-0.39, 0.29) is 17.3 Å². The lowest BCUT2D eigenvalue weighted by atomic mass is 10.1. The van der Waals surface area contributed by atoms with Crippen LogP contribution in [0.4, 0.5) is 10.1 Å². The van der Waals surface area contributed by atoms with Gasteiger partial charge in [0.05, 0.1) is 17.8 Å². The van der Waals surface area contributed by atoms with Crippen LogP contribution < -0.4 is 9.64 Å². The van der Waals surface area contributed by atoms with Crippen molar-refractivity contribution < 1.29 is 13.9 Å². The third-order valence-corrected chi connectivity index (χ3v) is 4.88. The number of carbonyl (C=O) groups is 1. The molecule has 30 heavy (non-hydrogen) atoms. The Hall–Kier alpha value is -3.21. The zero-order valence-corrected chi connectivity index (χ0v) is 17.5. The van der Waals surface area contributed by atoms with Crippen LogP contribution in [0.1, 0.15) is 43.0 Å². The largest absolute Gasteiger partial charge is 0.490 e. The Morgan fingerprint density at radius 1 is 1.13 bits per heavy atom. The molecule has 4 nitrogen and oxygen atoms in total. The van der Waals surface area contributed by atoms with Crippen molar-refractivity contribution in [1.82, 2.24) is 4.98 Å². The maximum atomic E-state index is 15.0. The second-order valence-corrected chi connectivity index (χ2v) is 7.09. The molecule has 5 heteroatoms. The van der Waals surface area contributed by atoms with Crippen molar-refractivity contribution in [2.24, 2.45) is 0 Å². The molecular formula is C25H27FN2O2. The van der Waals surface area contributed by atoms with Crippen LogP contribution in [0.2, 0.25) is 0 Å². The number of amides is 1. The number of ether oxygens (including phenoxy) is 1. The number of hydrogen-bond donors (Lipinski definition) is 0. The van der Waals surface area contributed by atoms with E-state index in [1.54, 1.807) is 49.6 Å². The predicted octanol–water partition coefficient (Wildman–Crippen LogP) is 6.17. The first-order chi connectivity index (χ1) is 14.6. The van der Waals surface area contributed by atoms with Gasteiger partial charge in [-0.15, -0.1) is 0 Å². The number of rotatable bonds is 9. The normalized spacial score (nSPS) is 11.2. The summed E-state index contributed by atoms with van der Waals surface area (Å²) in [5, 5.41) is 0.864. The summed E-state index contributed by atoms with van der Waals surface area (Å²) in [4.78, 5) is 18.5. The second-order valence-electron chi connectivity index (χ2n) is 7.09. The molecule has 0 atom stereocenters. The van der Waals surface area contributed by atoms with E-state index in [9.17, 15) is 9.18 Å². The minimum atomic E-state index is -0.526. The molecule has 0 fully saturated rings. The second kappa shape index (κ2) is 10.5. The summed E-state index contributed by atoms with van der Waals surface area (Å²) < 4.78 is 20.6. The maximum absolute atomic E-state index is 15.0. The van der Waals surface area contributed by atoms with Gasteiger partial charge in [-0.1, -0.05) is 31.2 Å². The van der Waals surface area contributed by atoms with Crippen LogP contribution in [0.25, 0.3) is 10.9 Å². The Bertz CT molecular complexity index is 1030.